The van der Waals surface area contributed by atoms with Crippen molar-refractivity contribution in [3.63, 3.8) is 0 Å². The van der Waals surface area contributed by atoms with Gasteiger partial charge in [0.1, 0.15) is 5.60 Å². The van der Waals surface area contributed by atoms with Gasteiger partial charge in [-0.1, -0.05) is 0 Å². The van der Waals surface area contributed by atoms with E-state index >= 15 is 0 Å². The van der Waals surface area contributed by atoms with Crippen molar-refractivity contribution >= 4 is 11.8 Å². The van der Waals surface area contributed by atoms with E-state index in [1.165, 1.54) is 0 Å². The van der Waals surface area contributed by atoms with E-state index in [0.29, 0.717) is 6.54 Å². The molecule has 0 radical (unpaired) electrons. The van der Waals surface area contributed by atoms with Gasteiger partial charge in [-0.05, 0) is 27.2 Å². The topological polar surface area (TPSA) is 50.7 Å². The summed E-state index contributed by atoms with van der Waals surface area (Å²) in [7, 11) is 0. The lowest BCUT2D eigenvalue weighted by Crippen LogP contribution is -2.22. The van der Waals surface area contributed by atoms with E-state index in [2.05, 4.69) is 10.3 Å². The van der Waals surface area contributed by atoms with E-state index in [9.17, 15) is 4.79 Å². The molecule has 0 aromatic rings. The van der Waals surface area contributed by atoms with Crippen LogP contribution in [0.4, 0.5) is 4.79 Å². The first kappa shape index (κ1) is 10.2. The van der Waals surface area contributed by atoms with Crippen molar-refractivity contribution in [2.45, 2.75) is 32.8 Å². The molecule has 74 valence electrons. The summed E-state index contributed by atoms with van der Waals surface area (Å²) in [5.74, 6) is 0. The third kappa shape index (κ3) is 4.03. The first-order chi connectivity index (χ1) is 5.97. The molecule has 0 bridgehead atoms. The zero-order chi connectivity index (χ0) is 9.90. The van der Waals surface area contributed by atoms with E-state index < -0.39 is 11.7 Å². The van der Waals surface area contributed by atoms with E-state index in [1.54, 1.807) is 0 Å². The van der Waals surface area contributed by atoms with Gasteiger partial charge in [0.25, 0.3) is 0 Å². The first-order valence-corrected chi connectivity index (χ1v) is 4.47. The maximum Gasteiger partial charge on any atom is 0.434 e. The summed E-state index contributed by atoms with van der Waals surface area (Å²) in [5.41, 5.74) is 0.432. The number of aliphatic imine (C=N–C) groups is 1. The molecule has 13 heavy (non-hydrogen) atoms. The van der Waals surface area contributed by atoms with E-state index in [-0.39, 0.29) is 0 Å². The van der Waals surface area contributed by atoms with E-state index in [4.69, 9.17) is 4.74 Å². The number of ether oxygens (including phenoxy) is 1. The lowest BCUT2D eigenvalue weighted by atomic mass is 10.2. The van der Waals surface area contributed by atoms with E-state index in [1.807, 2.05) is 20.8 Å². The molecule has 1 aliphatic rings. The van der Waals surface area contributed by atoms with Crippen molar-refractivity contribution in [3.05, 3.63) is 0 Å². The minimum absolute atomic E-state index is 0.451. The van der Waals surface area contributed by atoms with Crippen LogP contribution in [0, 0.1) is 0 Å². The van der Waals surface area contributed by atoms with Gasteiger partial charge in [0.15, 0.2) is 0 Å². The molecule has 1 N–H and O–H groups in total. The number of hydrogen-bond donors (Lipinski definition) is 1. The summed E-state index contributed by atoms with van der Waals surface area (Å²) in [6.07, 6.45) is 0.366. The van der Waals surface area contributed by atoms with Gasteiger partial charge in [-0.3, -0.25) is 0 Å². The maximum absolute atomic E-state index is 11.2. The second-order valence-corrected chi connectivity index (χ2v) is 4.09. The second-order valence-electron chi connectivity index (χ2n) is 4.09. The fourth-order valence-corrected chi connectivity index (χ4v) is 1.06. The monoisotopic (exact) mass is 184 g/mol. The van der Waals surface area contributed by atoms with Crippen LogP contribution in [0.25, 0.3) is 0 Å². The summed E-state index contributed by atoms with van der Waals surface area (Å²) in [6.45, 7) is 7.11. The quantitative estimate of drug-likeness (QED) is 0.618. The zero-order valence-electron chi connectivity index (χ0n) is 8.39. The average molecular weight is 184 g/mol. The Morgan fingerprint density at radius 2 is 2.23 bits per heavy atom. The summed E-state index contributed by atoms with van der Waals surface area (Å²) in [6, 6.07) is 0. The van der Waals surface area contributed by atoms with Crippen LogP contribution in [0.5, 0.6) is 0 Å². The van der Waals surface area contributed by atoms with Crippen LogP contribution in [0.2, 0.25) is 0 Å². The number of carbonyl (C=O) groups is 1. The summed E-state index contributed by atoms with van der Waals surface area (Å²) in [4.78, 5) is 15.0. The molecule has 1 fully saturated rings. The standard InChI is InChI=1S/C9H16N2O2/c1-9(2,3)13-8(12)11-7-4-5-10-6-7/h10H,4-6H2,1-3H3. The van der Waals surface area contributed by atoms with Crippen molar-refractivity contribution < 1.29 is 9.53 Å². The molecule has 0 unspecified atom stereocenters. The Morgan fingerprint density at radius 1 is 1.54 bits per heavy atom. The normalized spacial score (nSPS) is 20.7. The summed E-state index contributed by atoms with van der Waals surface area (Å²) < 4.78 is 5.05. The summed E-state index contributed by atoms with van der Waals surface area (Å²) >= 11 is 0. The molecule has 0 aromatic carbocycles. The zero-order valence-corrected chi connectivity index (χ0v) is 8.39. The molecule has 1 saturated heterocycles. The van der Waals surface area contributed by atoms with Crippen molar-refractivity contribution in [2.24, 2.45) is 4.99 Å². The van der Waals surface area contributed by atoms with Crippen LogP contribution in [-0.4, -0.2) is 30.5 Å². The highest BCUT2D eigenvalue weighted by Crippen LogP contribution is 2.08. The molecule has 4 nitrogen and oxygen atoms in total. The molecule has 1 aliphatic heterocycles. The number of rotatable bonds is 0. The van der Waals surface area contributed by atoms with Crippen LogP contribution in [0.1, 0.15) is 27.2 Å². The van der Waals surface area contributed by atoms with E-state index in [0.717, 1.165) is 18.7 Å². The minimum atomic E-state index is -0.480. The van der Waals surface area contributed by atoms with Gasteiger partial charge < -0.3 is 10.1 Å². The van der Waals surface area contributed by atoms with Crippen molar-refractivity contribution in [2.75, 3.05) is 13.1 Å². The van der Waals surface area contributed by atoms with Crippen LogP contribution in [0.3, 0.4) is 0 Å². The number of carbonyl (C=O) groups excluding carboxylic acids is 1. The summed E-state index contributed by atoms with van der Waals surface area (Å²) in [5, 5.41) is 3.10. The largest absolute Gasteiger partial charge is 0.442 e. The fourth-order valence-electron chi connectivity index (χ4n) is 1.06. The third-order valence-corrected chi connectivity index (χ3v) is 1.56. The Morgan fingerprint density at radius 3 is 2.69 bits per heavy atom. The molecular formula is C9H16N2O2. The van der Waals surface area contributed by atoms with Crippen LogP contribution in [-0.2, 0) is 4.74 Å². The molecule has 1 rings (SSSR count). The van der Waals surface area contributed by atoms with Gasteiger partial charge in [0, 0.05) is 18.8 Å². The number of nitrogens with one attached hydrogen (secondary N) is 1. The van der Waals surface area contributed by atoms with Gasteiger partial charge in [-0.2, -0.15) is 4.99 Å². The molecule has 1 heterocycles. The SMILES string of the molecule is CC(C)(C)OC(=O)N=C1CCNC1. The first-order valence-electron chi connectivity index (χ1n) is 4.47. The van der Waals surface area contributed by atoms with Crippen LogP contribution in [0.15, 0.2) is 4.99 Å². The Bertz CT molecular complexity index is 220. The molecule has 1 amide bonds. The molecular weight excluding hydrogens is 168 g/mol. The minimum Gasteiger partial charge on any atom is -0.442 e. The van der Waals surface area contributed by atoms with Crippen LogP contribution >= 0.6 is 0 Å². The Labute approximate surface area is 78.4 Å². The number of hydrogen-bond acceptors (Lipinski definition) is 3. The highest BCUT2D eigenvalue weighted by molar-refractivity contribution is 5.95. The maximum atomic E-state index is 11.2. The highest BCUT2D eigenvalue weighted by atomic mass is 16.6. The number of nitrogens with zero attached hydrogens (tertiary/aromatic N) is 1. The Kier molecular flexibility index (Phi) is 3.03. The second kappa shape index (κ2) is 3.87. The molecule has 4 heteroatoms. The number of amides is 1. The lowest BCUT2D eigenvalue weighted by molar-refractivity contribution is 0.0604. The van der Waals surface area contributed by atoms with Gasteiger partial charge in [-0.15, -0.1) is 0 Å². The lowest BCUT2D eigenvalue weighted by Gasteiger charge is -2.17. The van der Waals surface area contributed by atoms with Gasteiger partial charge in [0.2, 0.25) is 0 Å². The van der Waals surface area contributed by atoms with Crippen LogP contribution < -0.4 is 5.32 Å². The average Bonchev–Trinajstić information content (AvgIpc) is 2.34. The van der Waals surface area contributed by atoms with Gasteiger partial charge in [-0.25, -0.2) is 4.79 Å². The molecule has 0 saturated carbocycles. The Hall–Kier alpha value is -0.900. The van der Waals surface area contributed by atoms with Crippen molar-refractivity contribution in [3.8, 4) is 0 Å². The smallest absolute Gasteiger partial charge is 0.434 e. The van der Waals surface area contributed by atoms with Crippen molar-refractivity contribution in [1.82, 2.24) is 5.32 Å². The predicted octanol–water partition coefficient (Wildman–Crippen LogP) is 1.36. The molecule has 0 aliphatic carbocycles. The highest BCUT2D eigenvalue weighted by Gasteiger charge is 2.17. The Balaban J connectivity index is 2.45. The van der Waals surface area contributed by atoms with Gasteiger partial charge >= 0.3 is 6.09 Å². The fraction of sp³-hybridized carbons (Fsp3) is 0.778. The molecule has 0 aromatic heterocycles. The van der Waals surface area contributed by atoms with Crippen molar-refractivity contribution in [1.29, 1.82) is 0 Å². The van der Waals surface area contributed by atoms with Gasteiger partial charge in [0.05, 0.1) is 0 Å². The predicted molar refractivity (Wildman–Crippen MR) is 51.2 cm³/mol. The molecule has 0 spiro atoms. The third-order valence-electron chi connectivity index (χ3n) is 1.56. The molecule has 0 atom stereocenters.